The van der Waals surface area contributed by atoms with Crippen LogP contribution >= 0.6 is 11.8 Å². The first kappa shape index (κ1) is 21.0. The minimum Gasteiger partial charge on any atom is -0.486 e. The Labute approximate surface area is 179 Å². The first-order valence-electron chi connectivity index (χ1n) is 9.76. The van der Waals surface area contributed by atoms with Gasteiger partial charge in [-0.15, -0.1) is 10.2 Å². The molecule has 0 saturated carbocycles. The van der Waals surface area contributed by atoms with Crippen molar-refractivity contribution >= 4 is 33.2 Å². The number of hydrogen-bond donors (Lipinski definition) is 1. The van der Waals surface area contributed by atoms with Gasteiger partial charge in [0.2, 0.25) is 5.91 Å². The number of rotatable bonds is 6. The van der Waals surface area contributed by atoms with Crippen LogP contribution in [0.3, 0.4) is 0 Å². The lowest BCUT2D eigenvalue weighted by atomic mass is 10.1. The number of hydrogen-bond acceptors (Lipinski definition) is 8. The minimum absolute atomic E-state index is 0.0756. The van der Waals surface area contributed by atoms with E-state index in [1.54, 1.807) is 25.1 Å². The molecule has 4 rings (SSSR count). The molecule has 11 heteroatoms. The maximum Gasteiger partial charge on any atom is 0.237 e. The molecular weight excluding hydrogens is 428 g/mol. The molecule has 0 unspecified atom stereocenters. The minimum atomic E-state index is -2.92. The Morgan fingerprint density at radius 3 is 2.80 bits per heavy atom. The predicted molar refractivity (Wildman–Crippen MR) is 113 cm³/mol. The Hall–Kier alpha value is -2.27. The van der Waals surface area contributed by atoms with E-state index in [2.05, 4.69) is 15.5 Å². The lowest BCUT2D eigenvalue weighted by molar-refractivity contribution is -0.115. The summed E-state index contributed by atoms with van der Waals surface area (Å²) in [6.45, 7) is 2.80. The third-order valence-electron chi connectivity index (χ3n) is 5.18. The van der Waals surface area contributed by atoms with Gasteiger partial charge in [0.1, 0.15) is 19.0 Å². The second kappa shape index (κ2) is 8.46. The van der Waals surface area contributed by atoms with Crippen molar-refractivity contribution in [1.82, 2.24) is 14.8 Å². The standard InChI is InChI=1S/C19H24N4O5S2/c1-12(18(24)20-14-3-4-15-16(10-14)28-7-6-27-15)29-19-22-21-17(23(19)2)9-13-5-8-30(25,26)11-13/h3-4,10,12-13H,5-9,11H2,1-2H3,(H,20,24)/t12-,13-/m1/s1. The van der Waals surface area contributed by atoms with E-state index >= 15 is 0 Å². The van der Waals surface area contributed by atoms with Gasteiger partial charge in [-0.05, 0) is 31.4 Å². The van der Waals surface area contributed by atoms with Crippen LogP contribution in [0.25, 0.3) is 0 Å². The number of carbonyl (C=O) groups is 1. The van der Waals surface area contributed by atoms with E-state index in [0.717, 1.165) is 5.82 Å². The van der Waals surface area contributed by atoms with Crippen LogP contribution in [0.2, 0.25) is 0 Å². The molecular formula is C19H24N4O5S2. The zero-order valence-electron chi connectivity index (χ0n) is 16.8. The Morgan fingerprint density at radius 1 is 1.30 bits per heavy atom. The molecule has 3 heterocycles. The van der Waals surface area contributed by atoms with E-state index in [-0.39, 0.29) is 23.3 Å². The van der Waals surface area contributed by atoms with Gasteiger partial charge >= 0.3 is 0 Å². The summed E-state index contributed by atoms with van der Waals surface area (Å²) < 4.78 is 36.2. The highest BCUT2D eigenvalue weighted by Crippen LogP contribution is 2.33. The summed E-state index contributed by atoms with van der Waals surface area (Å²) in [7, 11) is -1.08. The molecule has 30 heavy (non-hydrogen) atoms. The van der Waals surface area contributed by atoms with Crippen molar-refractivity contribution in [3.8, 4) is 11.5 Å². The number of fused-ring (bicyclic) bond motifs is 1. The maximum absolute atomic E-state index is 12.6. The van der Waals surface area contributed by atoms with Gasteiger partial charge in [-0.2, -0.15) is 0 Å². The number of aromatic nitrogens is 3. The number of thioether (sulfide) groups is 1. The molecule has 0 radical (unpaired) electrons. The average Bonchev–Trinajstić information content (AvgIpc) is 3.23. The van der Waals surface area contributed by atoms with Crippen LogP contribution in [0, 0.1) is 5.92 Å². The normalized spacial score (nSPS) is 20.7. The summed E-state index contributed by atoms with van der Waals surface area (Å²) >= 11 is 1.31. The Morgan fingerprint density at radius 2 is 2.07 bits per heavy atom. The molecule has 2 aliphatic rings. The number of anilines is 1. The maximum atomic E-state index is 12.6. The molecule has 1 fully saturated rings. The molecule has 0 bridgehead atoms. The number of nitrogens with one attached hydrogen (secondary N) is 1. The van der Waals surface area contributed by atoms with E-state index in [0.29, 0.717) is 48.4 Å². The fourth-order valence-electron chi connectivity index (χ4n) is 3.49. The van der Waals surface area contributed by atoms with Gasteiger partial charge in [0.15, 0.2) is 26.5 Å². The Bertz CT molecular complexity index is 1050. The van der Waals surface area contributed by atoms with Gasteiger partial charge in [0, 0.05) is 25.2 Å². The fourth-order valence-corrected chi connectivity index (χ4v) is 6.19. The molecule has 1 amide bonds. The summed E-state index contributed by atoms with van der Waals surface area (Å²) in [5.41, 5.74) is 0.637. The van der Waals surface area contributed by atoms with Crippen LogP contribution in [0.15, 0.2) is 23.4 Å². The highest BCUT2D eigenvalue weighted by molar-refractivity contribution is 8.00. The second-order valence-electron chi connectivity index (χ2n) is 7.54. The van der Waals surface area contributed by atoms with E-state index in [1.807, 2.05) is 11.6 Å². The van der Waals surface area contributed by atoms with Gasteiger partial charge < -0.3 is 19.4 Å². The zero-order chi connectivity index (χ0) is 21.3. The molecule has 2 aromatic rings. The van der Waals surface area contributed by atoms with Gasteiger partial charge in [-0.3, -0.25) is 4.79 Å². The van der Waals surface area contributed by atoms with E-state index in [9.17, 15) is 13.2 Å². The van der Waals surface area contributed by atoms with E-state index < -0.39 is 15.1 Å². The fraction of sp³-hybridized carbons (Fsp3) is 0.526. The molecule has 1 N–H and O–H groups in total. The molecule has 1 saturated heterocycles. The molecule has 1 aromatic heterocycles. The lowest BCUT2D eigenvalue weighted by Crippen LogP contribution is -2.23. The molecule has 0 aliphatic carbocycles. The zero-order valence-corrected chi connectivity index (χ0v) is 18.5. The summed E-state index contributed by atoms with van der Waals surface area (Å²) in [5, 5.41) is 11.5. The smallest absolute Gasteiger partial charge is 0.237 e. The molecule has 0 spiro atoms. The van der Waals surface area contributed by atoms with Crippen LogP contribution in [0.1, 0.15) is 19.2 Å². The quantitative estimate of drug-likeness (QED) is 0.659. The molecule has 2 aliphatic heterocycles. The van der Waals surface area contributed by atoms with Crippen LogP contribution in [-0.4, -0.2) is 59.1 Å². The number of benzene rings is 1. The Kier molecular flexibility index (Phi) is 5.92. The Balaban J connectivity index is 1.36. The van der Waals surface area contributed by atoms with Crippen LogP contribution in [-0.2, 0) is 28.1 Å². The lowest BCUT2D eigenvalue weighted by Gasteiger charge is -2.19. The predicted octanol–water partition coefficient (Wildman–Crippen LogP) is 1.68. The molecule has 162 valence electrons. The third-order valence-corrected chi connectivity index (χ3v) is 8.16. The number of amides is 1. The first-order valence-corrected chi connectivity index (χ1v) is 12.5. The number of nitrogens with zero attached hydrogens (tertiary/aromatic N) is 3. The summed E-state index contributed by atoms with van der Waals surface area (Å²) in [5.74, 6) is 2.38. The van der Waals surface area contributed by atoms with Gasteiger partial charge in [0.25, 0.3) is 0 Å². The van der Waals surface area contributed by atoms with Gasteiger partial charge in [-0.1, -0.05) is 11.8 Å². The first-order chi connectivity index (χ1) is 14.3. The molecule has 1 aromatic carbocycles. The highest BCUT2D eigenvalue weighted by atomic mass is 32.2. The molecule has 2 atom stereocenters. The van der Waals surface area contributed by atoms with Crippen molar-refractivity contribution < 1.29 is 22.7 Å². The monoisotopic (exact) mass is 452 g/mol. The number of ether oxygens (including phenoxy) is 2. The van der Waals surface area contributed by atoms with Gasteiger partial charge in [-0.25, -0.2) is 8.42 Å². The van der Waals surface area contributed by atoms with Crippen molar-refractivity contribution in [1.29, 1.82) is 0 Å². The molecule has 9 nitrogen and oxygen atoms in total. The third kappa shape index (κ3) is 4.72. The highest BCUT2D eigenvalue weighted by Gasteiger charge is 2.29. The summed E-state index contributed by atoms with van der Waals surface area (Å²) in [4.78, 5) is 12.6. The number of carbonyl (C=O) groups excluding carboxylic acids is 1. The second-order valence-corrected chi connectivity index (χ2v) is 11.1. The van der Waals surface area contributed by atoms with Crippen molar-refractivity contribution in [3.63, 3.8) is 0 Å². The topological polar surface area (TPSA) is 112 Å². The SMILES string of the molecule is C[C@@H](Sc1nnc(C[C@H]2CCS(=O)(=O)C2)n1C)C(=O)Nc1ccc2c(c1)OCCO2. The van der Waals surface area contributed by atoms with Gasteiger partial charge in [0.05, 0.1) is 16.8 Å². The van der Waals surface area contributed by atoms with E-state index in [1.165, 1.54) is 11.8 Å². The van der Waals surface area contributed by atoms with Crippen LogP contribution < -0.4 is 14.8 Å². The van der Waals surface area contributed by atoms with Crippen molar-refractivity contribution in [2.75, 3.05) is 30.0 Å². The van der Waals surface area contributed by atoms with Crippen LogP contribution in [0.4, 0.5) is 5.69 Å². The van der Waals surface area contributed by atoms with Crippen molar-refractivity contribution in [3.05, 3.63) is 24.0 Å². The van der Waals surface area contributed by atoms with Crippen molar-refractivity contribution in [2.24, 2.45) is 13.0 Å². The summed E-state index contributed by atoms with van der Waals surface area (Å²) in [6.07, 6.45) is 1.23. The summed E-state index contributed by atoms with van der Waals surface area (Å²) in [6, 6.07) is 5.30. The van der Waals surface area contributed by atoms with E-state index in [4.69, 9.17) is 9.47 Å². The average molecular weight is 453 g/mol. The van der Waals surface area contributed by atoms with Crippen LogP contribution in [0.5, 0.6) is 11.5 Å². The van der Waals surface area contributed by atoms with Crippen molar-refractivity contribution in [2.45, 2.75) is 30.2 Å². The largest absolute Gasteiger partial charge is 0.486 e. The number of sulfone groups is 1.